The Morgan fingerprint density at radius 2 is 1.00 bits per heavy atom. The van der Waals surface area contributed by atoms with Gasteiger partial charge in [-0.3, -0.25) is 0 Å². The Kier molecular flexibility index (Phi) is 17.7. The van der Waals surface area contributed by atoms with Crippen LogP contribution in [0.1, 0.15) is 55.7 Å². The van der Waals surface area contributed by atoms with Crippen molar-refractivity contribution in [2.24, 2.45) is 0 Å². The molecule has 0 aliphatic carbocycles. The van der Waals surface area contributed by atoms with E-state index in [0.717, 1.165) is 27.1 Å². The van der Waals surface area contributed by atoms with Gasteiger partial charge in [0.25, 0.3) is 0 Å². The van der Waals surface area contributed by atoms with Gasteiger partial charge in [-0.25, -0.2) is 0 Å². The Morgan fingerprint density at radius 1 is 0.585 bits per heavy atom. The maximum Gasteiger partial charge on any atom is 0.0450 e. The summed E-state index contributed by atoms with van der Waals surface area (Å²) in [5.41, 5.74) is 6.71. The van der Waals surface area contributed by atoms with Gasteiger partial charge in [-0.05, 0) is 110 Å². The lowest BCUT2D eigenvalue weighted by Crippen LogP contribution is -2.19. The molecule has 0 fully saturated rings. The molecule has 0 amide bonds. The summed E-state index contributed by atoms with van der Waals surface area (Å²) in [6, 6.07) is 34.4. The molecule has 216 valence electrons. The van der Waals surface area contributed by atoms with E-state index >= 15 is 0 Å². The number of hydrogen-bond acceptors (Lipinski definition) is 2. The zero-order valence-electron chi connectivity index (χ0n) is 23.0. The lowest BCUT2D eigenvalue weighted by atomic mass is 10.1. The molecule has 0 bridgehead atoms. The molecule has 0 spiro atoms. The highest BCUT2D eigenvalue weighted by Crippen LogP contribution is 2.22. The number of hydrogen-bond donors (Lipinski definition) is 1. The third kappa shape index (κ3) is 15.5. The average molecular weight is 597 g/mol. The molecule has 41 heavy (non-hydrogen) atoms. The van der Waals surface area contributed by atoms with E-state index in [1.165, 1.54) is 27.8 Å². The lowest BCUT2D eigenvalue weighted by Gasteiger charge is -2.14. The zero-order chi connectivity index (χ0) is 27.4. The van der Waals surface area contributed by atoms with Crippen LogP contribution >= 0.6 is 24.4 Å². The van der Waals surface area contributed by atoms with Crippen molar-refractivity contribution in [1.82, 2.24) is 0 Å². The molecule has 0 heterocycles. The van der Waals surface area contributed by atoms with E-state index in [1.54, 1.807) is 0 Å². The summed E-state index contributed by atoms with van der Waals surface area (Å²) in [6.45, 7) is 11.4. The Bertz CT molecular complexity index is 1440. The summed E-state index contributed by atoms with van der Waals surface area (Å²) in [5.74, 6) is 14.0. The molecule has 0 atom stereocenters. The van der Waals surface area contributed by atoms with Crippen LogP contribution in [0.4, 0.5) is 0 Å². The summed E-state index contributed by atoms with van der Waals surface area (Å²) in [4.78, 5) is 2.31. The van der Waals surface area contributed by atoms with E-state index in [2.05, 4.69) is 130 Å². The molecule has 0 saturated heterocycles. The highest BCUT2D eigenvalue weighted by atomic mass is 32.2. The molecule has 0 radical (unpaired) electrons. The van der Waals surface area contributed by atoms with E-state index in [4.69, 9.17) is 0 Å². The first-order chi connectivity index (χ1) is 18.2. The smallest absolute Gasteiger partial charge is 0.0450 e. The van der Waals surface area contributed by atoms with Gasteiger partial charge in [0.15, 0.2) is 0 Å². The van der Waals surface area contributed by atoms with Crippen LogP contribution in [0, 0.1) is 37.5 Å². The minimum atomic E-state index is -0.920. The fourth-order valence-corrected chi connectivity index (χ4v) is 6.96. The third-order valence-corrected chi connectivity index (χ3v) is 9.01. The van der Waals surface area contributed by atoms with Crippen molar-refractivity contribution in [2.45, 2.75) is 71.6 Å². The number of thioether (sulfide) groups is 1. The monoisotopic (exact) mass is 596 g/mol. The van der Waals surface area contributed by atoms with Crippen molar-refractivity contribution in [3.8, 4) is 23.7 Å². The highest BCUT2D eigenvalue weighted by Gasteiger charge is 2.12. The van der Waals surface area contributed by atoms with Gasteiger partial charge < -0.3 is 0 Å². The first-order valence-electron chi connectivity index (χ1n) is 12.9. The summed E-state index contributed by atoms with van der Waals surface area (Å²) in [6.07, 6.45) is 0. The van der Waals surface area contributed by atoms with Gasteiger partial charge in [0.05, 0.1) is 0 Å². The van der Waals surface area contributed by atoms with Gasteiger partial charge in [0.2, 0.25) is 0 Å². The third-order valence-electron chi connectivity index (χ3n) is 5.58. The van der Waals surface area contributed by atoms with E-state index in [1.807, 2.05) is 48.2 Å². The molecule has 4 rings (SSSR count). The molecule has 0 aliphatic heterocycles. The minimum absolute atomic E-state index is 0. The van der Waals surface area contributed by atoms with Crippen LogP contribution in [0.5, 0.6) is 0 Å². The van der Waals surface area contributed by atoms with Gasteiger partial charge >= 0.3 is 0 Å². The van der Waals surface area contributed by atoms with Crippen LogP contribution in [-0.2, 0) is 0 Å². The van der Waals surface area contributed by atoms with Gasteiger partial charge in [0, 0.05) is 40.1 Å². The van der Waals surface area contributed by atoms with Gasteiger partial charge in [-0.2, -0.15) is 0 Å². The molecule has 0 nitrogen and oxygen atoms in total. The molecular formula is C38H48S2Si. The lowest BCUT2D eigenvalue weighted by molar-refractivity contribution is 1.35. The number of rotatable bonds is 4. The van der Waals surface area contributed by atoms with Gasteiger partial charge in [-0.15, -0.1) is 24.4 Å². The molecule has 3 heteroatoms. The standard InChI is InChI=1S/C20H24SSi.C15H12S.3CH4/c1-17-6-5-7-19(16-17)9-8-18-10-12-20(13-11-18)21-14-15-22(2,3)4;1-12-3-2-4-14(11-12)6-5-13-7-9-15(16)10-8-13;;;/h5-7,10-13,16H,14-15H2,1-4H3;2-4,7-11,16H,1H3;3*1H4. The van der Waals surface area contributed by atoms with Crippen molar-refractivity contribution < 1.29 is 0 Å². The molecule has 0 unspecified atom stereocenters. The zero-order valence-corrected chi connectivity index (χ0v) is 25.7. The molecule has 4 aromatic carbocycles. The number of thiol groups is 1. The van der Waals surface area contributed by atoms with Gasteiger partial charge in [-0.1, -0.05) is 89.9 Å². The van der Waals surface area contributed by atoms with Crippen molar-refractivity contribution in [3.63, 3.8) is 0 Å². The Hall–Kier alpha value is -3.08. The van der Waals surface area contributed by atoms with E-state index in [0.29, 0.717) is 0 Å². The highest BCUT2D eigenvalue weighted by molar-refractivity contribution is 7.99. The fourth-order valence-electron chi connectivity index (χ4n) is 3.39. The molecular weight excluding hydrogens is 549 g/mol. The van der Waals surface area contributed by atoms with Crippen molar-refractivity contribution in [1.29, 1.82) is 0 Å². The summed E-state index contributed by atoms with van der Waals surface area (Å²) in [5, 5.41) is 0. The molecule has 4 aromatic rings. The Balaban J connectivity index is 0.000000756. The van der Waals surface area contributed by atoms with E-state index in [-0.39, 0.29) is 22.3 Å². The predicted octanol–water partition coefficient (Wildman–Crippen LogP) is 11.4. The van der Waals surface area contributed by atoms with E-state index in [9.17, 15) is 0 Å². The quantitative estimate of drug-likeness (QED) is 0.106. The van der Waals surface area contributed by atoms with Crippen LogP contribution in [-0.4, -0.2) is 13.8 Å². The van der Waals surface area contributed by atoms with Crippen LogP contribution in [0.15, 0.2) is 107 Å². The predicted molar refractivity (Wildman–Crippen MR) is 194 cm³/mol. The largest absolute Gasteiger partial charge is 0.143 e. The maximum atomic E-state index is 4.23. The van der Waals surface area contributed by atoms with Crippen LogP contribution in [0.2, 0.25) is 25.7 Å². The second-order valence-corrected chi connectivity index (χ2v) is 17.8. The molecule has 0 aromatic heterocycles. The second kappa shape index (κ2) is 19.1. The van der Waals surface area contributed by atoms with Crippen molar-refractivity contribution >= 4 is 32.5 Å². The van der Waals surface area contributed by atoms with Crippen LogP contribution in [0.25, 0.3) is 0 Å². The number of benzene rings is 4. The van der Waals surface area contributed by atoms with Gasteiger partial charge in [0.1, 0.15) is 0 Å². The first kappa shape index (κ1) is 37.9. The molecule has 0 N–H and O–H groups in total. The molecule has 0 aliphatic rings. The average Bonchev–Trinajstić information content (AvgIpc) is 2.88. The summed E-state index contributed by atoms with van der Waals surface area (Å²) < 4.78 is 0. The normalized spacial score (nSPS) is 9.51. The van der Waals surface area contributed by atoms with E-state index < -0.39 is 8.07 Å². The maximum absolute atomic E-state index is 4.23. The number of aryl methyl sites for hydroxylation is 2. The minimum Gasteiger partial charge on any atom is -0.143 e. The SMILES string of the molecule is C.C.C.Cc1cccc(C#Cc2ccc(S)cc2)c1.Cc1cccc(C#Cc2ccc(SCC[Si](C)(C)C)cc2)c1. The van der Waals surface area contributed by atoms with Crippen LogP contribution < -0.4 is 0 Å². The molecule has 0 saturated carbocycles. The van der Waals surface area contributed by atoms with Crippen molar-refractivity contribution in [3.05, 3.63) is 130 Å². The van der Waals surface area contributed by atoms with Crippen molar-refractivity contribution in [2.75, 3.05) is 5.75 Å². The Morgan fingerprint density at radius 3 is 1.41 bits per heavy atom. The fraction of sp³-hybridized carbons (Fsp3) is 0.263. The first-order valence-corrected chi connectivity index (χ1v) is 18.0. The topological polar surface area (TPSA) is 0 Å². The summed E-state index contributed by atoms with van der Waals surface area (Å²) >= 11 is 6.19. The summed E-state index contributed by atoms with van der Waals surface area (Å²) in [7, 11) is -0.920. The Labute approximate surface area is 262 Å². The second-order valence-electron chi connectivity index (χ2n) is 10.5. The van der Waals surface area contributed by atoms with Crippen LogP contribution in [0.3, 0.4) is 0 Å².